The molecule has 1 aliphatic rings. The van der Waals surface area contributed by atoms with Gasteiger partial charge < -0.3 is 5.32 Å². The third kappa shape index (κ3) is 5.14. The molecule has 0 spiro atoms. The maximum atomic E-state index is 13.1. The molecule has 0 aliphatic carbocycles. The summed E-state index contributed by atoms with van der Waals surface area (Å²) in [5.41, 5.74) is 0.520. The number of amides is 2. The van der Waals surface area contributed by atoms with E-state index in [0.29, 0.717) is 5.69 Å². The van der Waals surface area contributed by atoms with E-state index in [9.17, 15) is 22.8 Å². The maximum absolute atomic E-state index is 13.1. The molecule has 0 aromatic heterocycles. The second-order valence-corrected chi connectivity index (χ2v) is 8.26. The first-order valence-electron chi connectivity index (χ1n) is 8.81. The highest BCUT2D eigenvalue weighted by molar-refractivity contribution is 8.15. The number of carbonyl (C=O) groups is 2. The number of hydrogen-bond acceptors (Lipinski definition) is 4. The van der Waals surface area contributed by atoms with Crippen molar-refractivity contribution < 1.29 is 22.8 Å². The molecule has 3 rings (SSSR count). The summed E-state index contributed by atoms with van der Waals surface area (Å²) in [4.78, 5) is 30.4. The number of rotatable bonds is 3. The Morgan fingerprint density at radius 3 is 2.67 bits per heavy atom. The summed E-state index contributed by atoms with van der Waals surface area (Å²) in [6.07, 6.45) is -4.68. The number of nitrogens with zero attached hydrogens (tertiary/aromatic N) is 2. The molecular weight excluding hydrogens is 439 g/mol. The lowest BCUT2D eigenvalue weighted by molar-refractivity contribution is -0.137. The van der Waals surface area contributed by atoms with Crippen LogP contribution in [-0.4, -0.2) is 34.2 Å². The molecule has 0 radical (unpaired) electrons. The van der Waals surface area contributed by atoms with Gasteiger partial charge in [0.1, 0.15) is 5.25 Å². The van der Waals surface area contributed by atoms with Gasteiger partial charge in [-0.1, -0.05) is 35.5 Å². The third-order valence-corrected chi connectivity index (χ3v) is 5.90. The molecule has 1 N–H and O–H groups in total. The van der Waals surface area contributed by atoms with E-state index in [0.717, 1.165) is 29.5 Å². The van der Waals surface area contributed by atoms with Crippen LogP contribution in [0.1, 0.15) is 17.5 Å². The maximum Gasteiger partial charge on any atom is 0.417 e. The summed E-state index contributed by atoms with van der Waals surface area (Å²) < 4.78 is 39.3. The number of benzene rings is 2. The number of halogens is 4. The predicted octanol–water partition coefficient (Wildman–Crippen LogP) is 5.26. The predicted molar refractivity (Wildman–Crippen MR) is 112 cm³/mol. The van der Waals surface area contributed by atoms with Gasteiger partial charge in [-0.2, -0.15) is 13.2 Å². The second kappa shape index (κ2) is 8.69. The Kier molecular flexibility index (Phi) is 6.42. The quantitative estimate of drug-likeness (QED) is 0.687. The van der Waals surface area contributed by atoms with Crippen LogP contribution in [0.25, 0.3) is 0 Å². The van der Waals surface area contributed by atoms with Crippen molar-refractivity contribution in [2.75, 3.05) is 12.4 Å². The minimum Gasteiger partial charge on any atom is -0.325 e. The van der Waals surface area contributed by atoms with E-state index in [2.05, 4.69) is 10.3 Å². The Labute approximate surface area is 180 Å². The average Bonchev–Trinajstić information content (AvgIpc) is 2.65. The lowest BCUT2D eigenvalue weighted by Crippen LogP contribution is -2.43. The van der Waals surface area contributed by atoms with Gasteiger partial charge in [-0.15, -0.1) is 0 Å². The molecule has 158 valence electrons. The van der Waals surface area contributed by atoms with Crippen LogP contribution in [0.3, 0.4) is 0 Å². The molecule has 5 nitrogen and oxygen atoms in total. The summed E-state index contributed by atoms with van der Waals surface area (Å²) in [5, 5.41) is 1.68. The molecule has 1 fully saturated rings. The van der Waals surface area contributed by atoms with Crippen LogP contribution < -0.4 is 5.32 Å². The van der Waals surface area contributed by atoms with Crippen molar-refractivity contribution in [3.8, 4) is 0 Å². The van der Waals surface area contributed by atoms with Gasteiger partial charge in [-0.25, -0.2) is 4.99 Å². The number of hydrogen-bond donors (Lipinski definition) is 1. The van der Waals surface area contributed by atoms with Crippen LogP contribution in [-0.2, 0) is 15.8 Å². The molecular formula is C20H17ClF3N3O2S. The SMILES string of the molecule is Cc1cccc(NC(=O)[C@@H]2CC(=O)N(C)C(=Nc3ccc(Cl)c(C(F)(F)F)c3)S2)c1. The van der Waals surface area contributed by atoms with Gasteiger partial charge in [0.25, 0.3) is 0 Å². The highest BCUT2D eigenvalue weighted by Crippen LogP contribution is 2.37. The first-order chi connectivity index (χ1) is 14.0. The number of aliphatic imine (C=N–C) groups is 1. The van der Waals surface area contributed by atoms with Crippen molar-refractivity contribution in [3.05, 3.63) is 58.6 Å². The highest BCUT2D eigenvalue weighted by atomic mass is 35.5. The normalized spacial score (nSPS) is 18.6. The van der Waals surface area contributed by atoms with Crippen LogP contribution in [0.15, 0.2) is 47.5 Å². The number of thioether (sulfide) groups is 1. The monoisotopic (exact) mass is 455 g/mol. The van der Waals surface area contributed by atoms with Crippen molar-refractivity contribution in [3.63, 3.8) is 0 Å². The van der Waals surface area contributed by atoms with E-state index in [1.54, 1.807) is 18.2 Å². The highest BCUT2D eigenvalue weighted by Gasteiger charge is 2.35. The first-order valence-corrected chi connectivity index (χ1v) is 10.1. The Morgan fingerprint density at radius 1 is 1.27 bits per heavy atom. The molecule has 0 bridgehead atoms. The summed E-state index contributed by atoms with van der Waals surface area (Å²) in [6.45, 7) is 1.88. The Balaban J connectivity index is 1.84. The third-order valence-electron chi connectivity index (χ3n) is 4.33. The zero-order valence-electron chi connectivity index (χ0n) is 16.0. The number of carbonyl (C=O) groups excluding carboxylic acids is 2. The molecule has 1 atom stereocenters. The van der Waals surface area contributed by atoms with Crippen LogP contribution >= 0.6 is 23.4 Å². The van der Waals surface area contributed by atoms with Crippen LogP contribution in [0.5, 0.6) is 0 Å². The van der Waals surface area contributed by atoms with Gasteiger partial charge in [-0.3, -0.25) is 14.5 Å². The van der Waals surface area contributed by atoms with E-state index >= 15 is 0 Å². The molecule has 1 saturated heterocycles. The number of anilines is 1. The minimum atomic E-state index is -4.63. The van der Waals surface area contributed by atoms with Gasteiger partial charge in [0.15, 0.2) is 5.17 Å². The topological polar surface area (TPSA) is 61.8 Å². The lowest BCUT2D eigenvalue weighted by atomic mass is 10.2. The van der Waals surface area contributed by atoms with Gasteiger partial charge in [0, 0.05) is 19.2 Å². The number of alkyl halides is 3. The molecule has 2 aromatic rings. The van der Waals surface area contributed by atoms with Crippen molar-refractivity contribution in [2.24, 2.45) is 4.99 Å². The van der Waals surface area contributed by atoms with E-state index < -0.39 is 22.0 Å². The van der Waals surface area contributed by atoms with Crippen LogP contribution in [0.4, 0.5) is 24.5 Å². The number of aryl methyl sites for hydroxylation is 1. The van der Waals surface area contributed by atoms with Crippen molar-refractivity contribution in [2.45, 2.75) is 24.8 Å². The van der Waals surface area contributed by atoms with E-state index in [-0.39, 0.29) is 29.1 Å². The number of nitrogens with one attached hydrogen (secondary N) is 1. The molecule has 0 saturated carbocycles. The molecule has 2 amide bonds. The van der Waals surface area contributed by atoms with Crippen molar-refractivity contribution in [1.82, 2.24) is 4.90 Å². The molecule has 1 aliphatic heterocycles. The fraction of sp³-hybridized carbons (Fsp3) is 0.250. The Morgan fingerprint density at radius 2 is 2.00 bits per heavy atom. The average molecular weight is 456 g/mol. The van der Waals surface area contributed by atoms with Crippen LogP contribution in [0.2, 0.25) is 5.02 Å². The standard InChI is InChI=1S/C20H17ClF3N3O2S/c1-11-4-3-5-12(8-11)25-18(29)16-10-17(28)27(2)19(30-16)26-13-6-7-15(21)14(9-13)20(22,23)24/h3-9,16H,10H2,1-2H3,(H,25,29)/t16-/m0/s1. The Bertz CT molecular complexity index is 1030. The van der Waals surface area contributed by atoms with Crippen molar-refractivity contribution >= 4 is 51.7 Å². The fourth-order valence-corrected chi connectivity index (χ4v) is 4.04. The molecule has 1 heterocycles. The van der Waals surface area contributed by atoms with E-state index in [1.807, 2.05) is 13.0 Å². The minimum absolute atomic E-state index is 0.0198. The molecule has 2 aromatic carbocycles. The molecule has 0 unspecified atom stereocenters. The largest absolute Gasteiger partial charge is 0.417 e. The van der Waals surface area contributed by atoms with E-state index in [4.69, 9.17) is 11.6 Å². The fourth-order valence-electron chi connectivity index (χ4n) is 2.75. The van der Waals surface area contributed by atoms with Crippen molar-refractivity contribution in [1.29, 1.82) is 0 Å². The summed E-state index contributed by atoms with van der Waals surface area (Å²) >= 11 is 6.65. The molecule has 10 heteroatoms. The first kappa shape index (κ1) is 22.2. The molecule has 30 heavy (non-hydrogen) atoms. The lowest BCUT2D eigenvalue weighted by Gasteiger charge is -2.29. The summed E-state index contributed by atoms with van der Waals surface area (Å²) in [6, 6.07) is 10.4. The van der Waals surface area contributed by atoms with E-state index in [1.165, 1.54) is 18.0 Å². The van der Waals surface area contributed by atoms with Gasteiger partial charge >= 0.3 is 6.18 Å². The number of amidine groups is 1. The smallest absolute Gasteiger partial charge is 0.325 e. The zero-order valence-corrected chi connectivity index (χ0v) is 17.5. The van der Waals surface area contributed by atoms with Gasteiger partial charge in [0.05, 0.1) is 16.3 Å². The summed E-state index contributed by atoms with van der Waals surface area (Å²) in [7, 11) is 1.46. The van der Waals surface area contributed by atoms with Gasteiger partial charge in [-0.05, 0) is 42.8 Å². The summed E-state index contributed by atoms with van der Waals surface area (Å²) in [5.74, 6) is -0.742. The van der Waals surface area contributed by atoms with Crippen LogP contribution in [0, 0.1) is 6.92 Å². The Hall–Kier alpha value is -2.52. The van der Waals surface area contributed by atoms with Gasteiger partial charge in [0.2, 0.25) is 11.8 Å². The zero-order chi connectivity index (χ0) is 22.1. The second-order valence-electron chi connectivity index (χ2n) is 6.68.